The highest BCUT2D eigenvalue weighted by Gasteiger charge is 2.47. The van der Waals surface area contributed by atoms with Crippen LogP contribution in [0.3, 0.4) is 0 Å². The Morgan fingerprint density at radius 1 is 0.554 bits per heavy atom. The molecular weight excluding hydrogens is 896 g/mol. The summed E-state index contributed by atoms with van der Waals surface area (Å²) in [6.45, 7) is 27.5. The van der Waals surface area contributed by atoms with E-state index in [1.54, 1.807) is 0 Å². The molecule has 7 aromatic rings. The van der Waals surface area contributed by atoms with Gasteiger partial charge in [0.1, 0.15) is 11.5 Å². The fourth-order valence-corrected chi connectivity index (χ4v) is 11.8. The Labute approximate surface area is 443 Å². The average molecular weight is 969 g/mol. The number of anilines is 5. The largest absolute Gasteiger partial charge is 0.458 e. The summed E-state index contributed by atoms with van der Waals surface area (Å²) in [6, 6.07) is 61.7. The van der Waals surface area contributed by atoms with Crippen LogP contribution >= 0.6 is 0 Å². The number of hydrogen-bond acceptors (Lipinski definition) is 3. The van der Waals surface area contributed by atoms with Crippen LogP contribution in [0.2, 0.25) is 0 Å². The van der Waals surface area contributed by atoms with Crippen LogP contribution in [0.4, 0.5) is 28.4 Å². The first-order chi connectivity index (χ1) is 35.2. The number of rotatable bonds is 8. The molecule has 2 unspecified atom stereocenters. The zero-order valence-corrected chi connectivity index (χ0v) is 45.8. The van der Waals surface area contributed by atoms with Gasteiger partial charge in [-0.1, -0.05) is 211 Å². The van der Waals surface area contributed by atoms with E-state index in [2.05, 4.69) is 281 Å². The topological polar surface area (TPSA) is 15.7 Å². The number of fused-ring (bicyclic) bond motifs is 5. The van der Waals surface area contributed by atoms with E-state index in [-0.39, 0.29) is 40.2 Å². The van der Waals surface area contributed by atoms with Crippen molar-refractivity contribution >= 4 is 46.1 Å². The minimum atomic E-state index is -0.0122. The van der Waals surface area contributed by atoms with Gasteiger partial charge in [0, 0.05) is 52.0 Å². The fraction of sp³-hybridized carbons (Fsp3) is 0.286. The predicted octanol–water partition coefficient (Wildman–Crippen LogP) is 17.5. The highest BCUT2D eigenvalue weighted by atomic mass is 16.5. The second kappa shape index (κ2) is 18.4. The summed E-state index contributed by atoms with van der Waals surface area (Å²) in [5.41, 5.74) is 21.8. The molecular formula is C70H73BN2O. The van der Waals surface area contributed by atoms with E-state index in [1.807, 2.05) is 0 Å². The zero-order valence-electron chi connectivity index (χ0n) is 45.8. The van der Waals surface area contributed by atoms with E-state index in [0.29, 0.717) is 0 Å². The summed E-state index contributed by atoms with van der Waals surface area (Å²) in [6.07, 6.45) is 11.8. The zero-order chi connectivity index (χ0) is 51.9. The van der Waals surface area contributed by atoms with E-state index >= 15 is 0 Å². The normalized spacial score (nSPS) is 16.6. The van der Waals surface area contributed by atoms with Gasteiger partial charge in [0.2, 0.25) is 0 Å². The lowest BCUT2D eigenvalue weighted by molar-refractivity contribution is 0.487. The number of allylic oxidation sites excluding steroid dienone is 7. The summed E-state index contributed by atoms with van der Waals surface area (Å²) >= 11 is 0. The Balaban J connectivity index is 1.04. The lowest BCUT2D eigenvalue weighted by atomic mass is 9.34. The summed E-state index contributed by atoms with van der Waals surface area (Å²) in [5, 5.41) is 0. The number of para-hydroxylation sites is 1. The van der Waals surface area contributed by atoms with Crippen molar-refractivity contribution in [2.24, 2.45) is 5.92 Å². The van der Waals surface area contributed by atoms with Crippen molar-refractivity contribution in [3.8, 4) is 11.5 Å². The molecule has 0 spiro atoms. The van der Waals surface area contributed by atoms with E-state index in [4.69, 9.17) is 4.74 Å². The molecule has 2 aliphatic heterocycles. The van der Waals surface area contributed by atoms with Gasteiger partial charge in [-0.25, -0.2) is 0 Å². The van der Waals surface area contributed by atoms with Crippen molar-refractivity contribution in [2.45, 2.75) is 124 Å². The summed E-state index contributed by atoms with van der Waals surface area (Å²) < 4.78 is 7.18. The maximum atomic E-state index is 7.18. The van der Waals surface area contributed by atoms with Gasteiger partial charge >= 0.3 is 0 Å². The van der Waals surface area contributed by atoms with Gasteiger partial charge in [0.15, 0.2) is 0 Å². The van der Waals surface area contributed by atoms with Gasteiger partial charge in [0.05, 0.1) is 0 Å². The number of nitrogens with zero attached hydrogens (tertiary/aromatic N) is 2. The van der Waals surface area contributed by atoms with Crippen molar-refractivity contribution in [3.05, 3.63) is 244 Å². The first kappa shape index (κ1) is 49.2. The molecule has 2 atom stereocenters. The van der Waals surface area contributed by atoms with Gasteiger partial charge in [-0.15, -0.1) is 0 Å². The molecule has 2 aliphatic carbocycles. The fourth-order valence-electron chi connectivity index (χ4n) is 11.8. The molecule has 372 valence electrons. The smallest absolute Gasteiger partial charge is 0.255 e. The van der Waals surface area contributed by atoms with Crippen LogP contribution in [0.1, 0.15) is 129 Å². The first-order valence-corrected chi connectivity index (χ1v) is 27.1. The monoisotopic (exact) mass is 969 g/mol. The maximum Gasteiger partial charge on any atom is 0.255 e. The predicted molar refractivity (Wildman–Crippen MR) is 316 cm³/mol. The van der Waals surface area contributed by atoms with Crippen molar-refractivity contribution in [3.63, 3.8) is 0 Å². The maximum absolute atomic E-state index is 7.18. The van der Waals surface area contributed by atoms with Crippen molar-refractivity contribution < 1.29 is 4.74 Å². The van der Waals surface area contributed by atoms with Crippen LogP contribution in [0.25, 0.3) is 0 Å². The summed E-state index contributed by atoms with van der Waals surface area (Å²) in [5.74, 6) is 2.15. The quantitative estimate of drug-likeness (QED) is 0.141. The van der Waals surface area contributed by atoms with Gasteiger partial charge in [-0.2, -0.15) is 0 Å². The van der Waals surface area contributed by atoms with E-state index in [9.17, 15) is 0 Å². The van der Waals surface area contributed by atoms with E-state index < -0.39 is 0 Å². The van der Waals surface area contributed by atoms with Crippen LogP contribution in [0.15, 0.2) is 210 Å². The molecule has 74 heavy (non-hydrogen) atoms. The molecule has 2 heterocycles. The molecule has 3 nitrogen and oxygen atoms in total. The molecule has 0 radical (unpaired) electrons. The highest BCUT2D eigenvalue weighted by molar-refractivity contribution is 6.94. The molecule has 0 N–H and O–H groups in total. The van der Waals surface area contributed by atoms with Gasteiger partial charge in [-0.05, 0) is 150 Å². The second-order valence-corrected chi connectivity index (χ2v) is 25.4. The average Bonchev–Trinajstić information content (AvgIpc) is 3.61. The minimum Gasteiger partial charge on any atom is -0.458 e. The molecule has 0 saturated carbocycles. The molecule has 0 fully saturated rings. The Morgan fingerprint density at radius 3 is 1.66 bits per heavy atom. The van der Waals surface area contributed by atoms with E-state index in [0.717, 1.165) is 41.4 Å². The lowest BCUT2D eigenvalue weighted by Gasteiger charge is -2.41. The van der Waals surface area contributed by atoms with Crippen molar-refractivity contribution in [1.82, 2.24) is 0 Å². The van der Waals surface area contributed by atoms with Gasteiger partial charge in [0.25, 0.3) is 6.71 Å². The van der Waals surface area contributed by atoms with Crippen LogP contribution < -0.4 is 25.5 Å². The van der Waals surface area contributed by atoms with Crippen LogP contribution in [-0.2, 0) is 28.1 Å². The Kier molecular flexibility index (Phi) is 12.2. The molecule has 0 aromatic heterocycles. The SMILES string of the molecule is CC(C)(C)c1ccc(CC(C2=CC3=CC4=C(C3CC=C2)N(c2ccccc2)c2cccc3c2B4c2ccc(N(c4ccc(C(C)(C)C)cc4)c4ccc(C(C)(C)C)cc4)cc2O3)c2ccc(C(C)(C)C)cc2)cc1. The van der Waals surface area contributed by atoms with Crippen LogP contribution in [0.5, 0.6) is 11.5 Å². The van der Waals surface area contributed by atoms with Gasteiger partial charge < -0.3 is 14.5 Å². The van der Waals surface area contributed by atoms with Crippen LogP contribution in [0, 0.1) is 5.92 Å². The lowest BCUT2D eigenvalue weighted by Crippen LogP contribution is -2.53. The van der Waals surface area contributed by atoms with Gasteiger partial charge in [-0.3, -0.25) is 0 Å². The molecule has 7 aromatic carbocycles. The van der Waals surface area contributed by atoms with Crippen LogP contribution in [-0.4, -0.2) is 6.71 Å². The van der Waals surface area contributed by atoms with Crippen molar-refractivity contribution in [1.29, 1.82) is 0 Å². The minimum absolute atomic E-state index is 0.0122. The molecule has 4 aliphatic rings. The Morgan fingerprint density at radius 2 is 1.09 bits per heavy atom. The highest BCUT2D eigenvalue weighted by Crippen LogP contribution is 2.51. The second-order valence-electron chi connectivity index (χ2n) is 25.4. The number of benzene rings is 7. The number of hydrogen-bond donors (Lipinski definition) is 0. The molecule has 0 saturated heterocycles. The first-order valence-electron chi connectivity index (χ1n) is 27.1. The Hall–Kier alpha value is -7.04. The molecule has 0 amide bonds. The third-order valence-corrected chi connectivity index (χ3v) is 16.1. The third-order valence-electron chi connectivity index (χ3n) is 16.1. The Bertz CT molecular complexity index is 3310. The number of ether oxygens (including phenoxy) is 1. The summed E-state index contributed by atoms with van der Waals surface area (Å²) in [7, 11) is 0. The molecule has 11 rings (SSSR count). The van der Waals surface area contributed by atoms with Crippen molar-refractivity contribution in [2.75, 3.05) is 9.80 Å². The molecule has 4 heteroatoms. The summed E-state index contributed by atoms with van der Waals surface area (Å²) in [4.78, 5) is 4.94. The standard InChI is InChI=1S/C70H73BN2O/c1-67(2,3)50-28-24-46(25-29-50)42-59(47-26-30-51(31-27-47)68(4,5)6)48-18-16-21-58-49(43-48)44-61-66(58)73(54-19-14-13-15-20-54)62-22-17-23-63-65(62)71(61)60-41-40-57(45-64(60)74-63)72(55-36-32-52(33-37-55)69(7,8)9)56-38-34-53(35-39-56)70(10,11)12/h13-20,22-41,43-45,58-59H,21,42H2,1-12H3. The third kappa shape index (κ3) is 9.20. The molecule has 0 bridgehead atoms. The van der Waals surface area contributed by atoms with E-state index in [1.165, 1.54) is 78.0 Å².